The molecule has 2 heteroatoms. The molecular formula is C14H21NO. The summed E-state index contributed by atoms with van der Waals surface area (Å²) in [5, 5.41) is 3.50. The Morgan fingerprint density at radius 1 is 1.38 bits per heavy atom. The van der Waals surface area contributed by atoms with Gasteiger partial charge in [-0.05, 0) is 36.4 Å². The van der Waals surface area contributed by atoms with Crippen molar-refractivity contribution >= 4 is 0 Å². The van der Waals surface area contributed by atoms with E-state index in [4.69, 9.17) is 4.74 Å². The Hall–Kier alpha value is -1.02. The Kier molecular flexibility index (Phi) is 3.49. The average Bonchev–Trinajstić information content (AvgIpc) is 3.05. The van der Waals surface area contributed by atoms with Crippen LogP contribution in [0.1, 0.15) is 31.7 Å². The fourth-order valence-electron chi connectivity index (χ4n) is 2.21. The smallest absolute Gasteiger partial charge is 0.122 e. The fraction of sp³-hybridized carbons (Fsp3) is 0.571. The van der Waals surface area contributed by atoms with Crippen LogP contribution in [-0.2, 0) is 0 Å². The predicted octanol–water partition coefficient (Wildman–Crippen LogP) is 2.80. The highest BCUT2D eigenvalue weighted by Crippen LogP contribution is 2.49. The lowest BCUT2D eigenvalue weighted by Gasteiger charge is -2.09. The van der Waals surface area contributed by atoms with Gasteiger partial charge < -0.3 is 10.1 Å². The molecule has 0 aromatic heterocycles. The molecule has 2 nitrogen and oxygen atoms in total. The third-order valence-corrected chi connectivity index (χ3v) is 3.25. The van der Waals surface area contributed by atoms with Crippen LogP contribution < -0.4 is 10.1 Å². The van der Waals surface area contributed by atoms with Crippen LogP contribution in [0.5, 0.6) is 5.75 Å². The standard InChI is InChI=1S/C14H21NO/c1-10(2)15-9-11-8-13(11)12-6-4-5-7-14(12)16-3/h4-7,10-11,13,15H,8-9H2,1-3H3. The number of methoxy groups -OCH3 is 1. The van der Waals surface area contributed by atoms with E-state index in [0.717, 1.165) is 18.2 Å². The Bertz CT molecular complexity index is 348. The summed E-state index contributed by atoms with van der Waals surface area (Å²) in [7, 11) is 1.75. The Morgan fingerprint density at radius 2 is 2.12 bits per heavy atom. The zero-order valence-electron chi connectivity index (χ0n) is 10.4. The summed E-state index contributed by atoms with van der Waals surface area (Å²) in [6, 6.07) is 8.97. The van der Waals surface area contributed by atoms with E-state index >= 15 is 0 Å². The molecule has 88 valence electrons. The molecule has 0 spiro atoms. The van der Waals surface area contributed by atoms with Gasteiger partial charge in [-0.15, -0.1) is 0 Å². The van der Waals surface area contributed by atoms with Crippen LogP contribution in [0.4, 0.5) is 0 Å². The summed E-state index contributed by atoms with van der Waals surface area (Å²) in [6.45, 7) is 5.52. The summed E-state index contributed by atoms with van der Waals surface area (Å²) >= 11 is 0. The molecule has 2 unspecified atom stereocenters. The fourth-order valence-corrected chi connectivity index (χ4v) is 2.21. The minimum atomic E-state index is 0.582. The van der Waals surface area contributed by atoms with Gasteiger partial charge in [0.05, 0.1) is 7.11 Å². The van der Waals surface area contributed by atoms with Crippen molar-refractivity contribution in [2.24, 2.45) is 5.92 Å². The predicted molar refractivity (Wildman–Crippen MR) is 67.0 cm³/mol. The normalized spacial score (nSPS) is 23.5. The van der Waals surface area contributed by atoms with Gasteiger partial charge in [0.1, 0.15) is 5.75 Å². The van der Waals surface area contributed by atoms with Gasteiger partial charge >= 0.3 is 0 Å². The van der Waals surface area contributed by atoms with E-state index in [-0.39, 0.29) is 0 Å². The van der Waals surface area contributed by atoms with E-state index < -0.39 is 0 Å². The number of para-hydroxylation sites is 1. The van der Waals surface area contributed by atoms with Crippen molar-refractivity contribution in [3.8, 4) is 5.75 Å². The van der Waals surface area contributed by atoms with Crippen LogP contribution in [0.2, 0.25) is 0 Å². The van der Waals surface area contributed by atoms with Gasteiger partial charge in [-0.2, -0.15) is 0 Å². The summed E-state index contributed by atoms with van der Waals surface area (Å²) in [5.74, 6) is 2.53. The van der Waals surface area contributed by atoms with E-state index in [1.807, 2.05) is 6.07 Å². The minimum Gasteiger partial charge on any atom is -0.496 e. The van der Waals surface area contributed by atoms with Gasteiger partial charge in [0.25, 0.3) is 0 Å². The molecule has 2 rings (SSSR count). The molecule has 0 radical (unpaired) electrons. The second-order valence-electron chi connectivity index (χ2n) is 4.91. The molecule has 1 aromatic carbocycles. The molecule has 1 fully saturated rings. The largest absolute Gasteiger partial charge is 0.496 e. The topological polar surface area (TPSA) is 21.3 Å². The van der Waals surface area contributed by atoms with Crippen LogP contribution >= 0.6 is 0 Å². The van der Waals surface area contributed by atoms with Crippen LogP contribution in [0.15, 0.2) is 24.3 Å². The van der Waals surface area contributed by atoms with Crippen LogP contribution in [-0.4, -0.2) is 19.7 Å². The summed E-state index contributed by atoms with van der Waals surface area (Å²) in [5.41, 5.74) is 1.38. The quantitative estimate of drug-likeness (QED) is 0.822. The minimum absolute atomic E-state index is 0.582. The first-order chi connectivity index (χ1) is 7.72. The van der Waals surface area contributed by atoms with Gasteiger partial charge in [0.15, 0.2) is 0 Å². The summed E-state index contributed by atoms with van der Waals surface area (Å²) < 4.78 is 5.40. The Balaban J connectivity index is 1.95. The molecule has 1 aliphatic carbocycles. The molecular weight excluding hydrogens is 198 g/mol. The van der Waals surface area contributed by atoms with Crippen molar-refractivity contribution in [1.29, 1.82) is 0 Å². The van der Waals surface area contributed by atoms with E-state index in [1.165, 1.54) is 12.0 Å². The number of hydrogen-bond donors (Lipinski definition) is 1. The second kappa shape index (κ2) is 4.88. The van der Waals surface area contributed by atoms with E-state index in [9.17, 15) is 0 Å². The van der Waals surface area contributed by atoms with Gasteiger partial charge in [-0.3, -0.25) is 0 Å². The number of hydrogen-bond acceptors (Lipinski definition) is 2. The van der Waals surface area contributed by atoms with Crippen molar-refractivity contribution in [2.45, 2.75) is 32.2 Å². The van der Waals surface area contributed by atoms with E-state index in [1.54, 1.807) is 7.11 Å². The molecule has 16 heavy (non-hydrogen) atoms. The van der Waals surface area contributed by atoms with Crippen molar-refractivity contribution in [1.82, 2.24) is 5.32 Å². The molecule has 0 bridgehead atoms. The molecule has 0 aliphatic heterocycles. The maximum atomic E-state index is 5.40. The van der Waals surface area contributed by atoms with Crippen LogP contribution in [0.25, 0.3) is 0 Å². The molecule has 1 saturated carbocycles. The highest BCUT2D eigenvalue weighted by molar-refractivity contribution is 5.39. The molecule has 1 aromatic rings. The van der Waals surface area contributed by atoms with Gasteiger partial charge in [0, 0.05) is 6.04 Å². The van der Waals surface area contributed by atoms with Crippen LogP contribution in [0, 0.1) is 5.92 Å². The van der Waals surface area contributed by atoms with E-state index in [2.05, 4.69) is 37.4 Å². The monoisotopic (exact) mass is 219 g/mol. The van der Waals surface area contributed by atoms with Crippen LogP contribution in [0.3, 0.4) is 0 Å². The van der Waals surface area contributed by atoms with Gasteiger partial charge in [-0.25, -0.2) is 0 Å². The molecule has 0 amide bonds. The lowest BCUT2D eigenvalue weighted by molar-refractivity contribution is 0.409. The van der Waals surface area contributed by atoms with Gasteiger partial charge in [-0.1, -0.05) is 32.0 Å². The second-order valence-corrected chi connectivity index (χ2v) is 4.91. The molecule has 0 heterocycles. The summed E-state index contributed by atoms with van der Waals surface area (Å²) in [6.07, 6.45) is 1.29. The lowest BCUT2D eigenvalue weighted by Crippen LogP contribution is -2.25. The van der Waals surface area contributed by atoms with Crippen molar-refractivity contribution in [3.05, 3.63) is 29.8 Å². The molecule has 1 N–H and O–H groups in total. The van der Waals surface area contributed by atoms with Gasteiger partial charge in [0.2, 0.25) is 0 Å². The SMILES string of the molecule is COc1ccccc1C1CC1CNC(C)C. The number of nitrogens with one attached hydrogen (secondary N) is 1. The maximum Gasteiger partial charge on any atom is 0.122 e. The molecule has 0 saturated heterocycles. The number of rotatable bonds is 5. The Labute approximate surface area is 98.0 Å². The van der Waals surface area contributed by atoms with Crippen molar-refractivity contribution in [2.75, 3.05) is 13.7 Å². The van der Waals surface area contributed by atoms with Crippen molar-refractivity contribution < 1.29 is 4.74 Å². The third-order valence-electron chi connectivity index (χ3n) is 3.25. The first-order valence-corrected chi connectivity index (χ1v) is 6.08. The average molecular weight is 219 g/mol. The Morgan fingerprint density at radius 3 is 2.81 bits per heavy atom. The molecule has 2 atom stereocenters. The highest BCUT2D eigenvalue weighted by Gasteiger charge is 2.39. The number of ether oxygens (including phenoxy) is 1. The lowest BCUT2D eigenvalue weighted by atomic mass is 10.1. The first-order valence-electron chi connectivity index (χ1n) is 6.08. The first kappa shape index (κ1) is 11.5. The summed E-state index contributed by atoms with van der Waals surface area (Å²) in [4.78, 5) is 0. The molecule has 1 aliphatic rings. The third kappa shape index (κ3) is 2.56. The maximum absolute atomic E-state index is 5.40. The van der Waals surface area contributed by atoms with E-state index in [0.29, 0.717) is 12.0 Å². The van der Waals surface area contributed by atoms with Crippen molar-refractivity contribution in [3.63, 3.8) is 0 Å². The zero-order valence-corrected chi connectivity index (χ0v) is 10.4. The zero-order chi connectivity index (χ0) is 11.5. The highest BCUT2D eigenvalue weighted by atomic mass is 16.5. The number of benzene rings is 1.